The normalized spacial score (nSPS) is 19.9. The van der Waals surface area contributed by atoms with Gasteiger partial charge in [-0.2, -0.15) is 0 Å². The molecule has 1 fully saturated rings. The summed E-state index contributed by atoms with van der Waals surface area (Å²) in [7, 11) is 0. The Morgan fingerprint density at radius 1 is 1.14 bits per heavy atom. The van der Waals surface area contributed by atoms with Gasteiger partial charge in [0.15, 0.2) is 0 Å². The van der Waals surface area contributed by atoms with Crippen LogP contribution in [-0.4, -0.2) is 32.6 Å². The molecule has 2 aromatic carbocycles. The molecule has 35 heavy (non-hydrogen) atoms. The number of carbonyl (C=O) groups is 2. The van der Waals surface area contributed by atoms with Gasteiger partial charge < -0.3 is 15.0 Å². The number of benzene rings is 2. The maximum atomic E-state index is 13.0. The van der Waals surface area contributed by atoms with Gasteiger partial charge in [0.05, 0.1) is 11.0 Å². The van der Waals surface area contributed by atoms with E-state index in [4.69, 9.17) is 4.98 Å². The molecule has 4 atom stereocenters. The second-order valence-electron chi connectivity index (χ2n) is 10.2. The van der Waals surface area contributed by atoms with Crippen molar-refractivity contribution in [1.82, 2.24) is 14.9 Å². The Labute approximate surface area is 207 Å². The van der Waals surface area contributed by atoms with E-state index in [1.165, 1.54) is 24.8 Å². The van der Waals surface area contributed by atoms with Gasteiger partial charge in [-0.05, 0) is 54.9 Å². The number of carboxylic acid groups (broad SMARTS) is 1. The van der Waals surface area contributed by atoms with Crippen molar-refractivity contribution in [2.24, 2.45) is 11.8 Å². The maximum Gasteiger partial charge on any atom is 0.326 e. The molecule has 0 bridgehead atoms. The van der Waals surface area contributed by atoms with Gasteiger partial charge >= 0.3 is 5.97 Å². The van der Waals surface area contributed by atoms with Crippen molar-refractivity contribution in [3.63, 3.8) is 0 Å². The first-order chi connectivity index (χ1) is 16.9. The van der Waals surface area contributed by atoms with Gasteiger partial charge in [-0.15, -0.1) is 0 Å². The highest BCUT2D eigenvalue weighted by Gasteiger charge is 2.28. The highest BCUT2D eigenvalue weighted by molar-refractivity contribution is 5.99. The highest BCUT2D eigenvalue weighted by Crippen LogP contribution is 2.37. The quantitative estimate of drug-likeness (QED) is 0.398. The Bertz CT molecular complexity index is 1170. The second-order valence-corrected chi connectivity index (χ2v) is 10.2. The van der Waals surface area contributed by atoms with E-state index in [-0.39, 0.29) is 11.8 Å². The molecule has 1 aromatic heterocycles. The lowest BCUT2D eigenvalue weighted by Gasteiger charge is -2.31. The summed E-state index contributed by atoms with van der Waals surface area (Å²) < 4.78 is 2.40. The first-order valence-electron chi connectivity index (χ1n) is 13.0. The van der Waals surface area contributed by atoms with Crippen LogP contribution in [0.4, 0.5) is 0 Å². The van der Waals surface area contributed by atoms with Crippen LogP contribution in [0.15, 0.2) is 48.5 Å². The zero-order valence-electron chi connectivity index (χ0n) is 21.0. The van der Waals surface area contributed by atoms with Crippen molar-refractivity contribution in [1.29, 1.82) is 0 Å². The van der Waals surface area contributed by atoms with Crippen molar-refractivity contribution >= 4 is 22.9 Å². The monoisotopic (exact) mass is 475 g/mol. The van der Waals surface area contributed by atoms with Crippen molar-refractivity contribution in [2.45, 2.75) is 77.8 Å². The van der Waals surface area contributed by atoms with Gasteiger partial charge in [-0.3, -0.25) is 4.79 Å². The summed E-state index contributed by atoms with van der Waals surface area (Å²) in [5.41, 5.74) is 3.48. The van der Waals surface area contributed by atoms with Crippen molar-refractivity contribution in [3.05, 3.63) is 65.5 Å². The lowest BCUT2D eigenvalue weighted by molar-refractivity contribution is -0.139. The first kappa shape index (κ1) is 25.0. The molecule has 0 radical (unpaired) electrons. The van der Waals surface area contributed by atoms with Gasteiger partial charge in [0.1, 0.15) is 11.9 Å². The fraction of sp³-hybridized carbons (Fsp3) is 0.483. The fourth-order valence-electron chi connectivity index (χ4n) is 5.28. The number of hydrogen-bond acceptors (Lipinski definition) is 3. The third-order valence-electron chi connectivity index (χ3n) is 7.57. The molecule has 2 N–H and O–H groups in total. The summed E-state index contributed by atoms with van der Waals surface area (Å²) in [4.78, 5) is 29.7. The Hall–Kier alpha value is -3.15. The molecule has 1 heterocycles. The highest BCUT2D eigenvalue weighted by atomic mass is 16.4. The van der Waals surface area contributed by atoms with Gasteiger partial charge in [-0.1, -0.05) is 70.4 Å². The molecule has 1 aliphatic rings. The topological polar surface area (TPSA) is 84.2 Å². The molecule has 6 heteroatoms. The third-order valence-corrected chi connectivity index (χ3v) is 7.57. The average Bonchev–Trinajstić information content (AvgIpc) is 3.21. The van der Waals surface area contributed by atoms with E-state index in [1.807, 2.05) is 44.2 Å². The van der Waals surface area contributed by atoms with Crippen LogP contribution in [0.2, 0.25) is 0 Å². The Morgan fingerprint density at radius 2 is 1.89 bits per heavy atom. The van der Waals surface area contributed by atoms with Gasteiger partial charge in [0.2, 0.25) is 0 Å². The molecule has 6 nitrogen and oxygen atoms in total. The number of carbonyl (C=O) groups excluding carboxylic acids is 1. The number of nitrogens with one attached hydrogen (secondary N) is 1. The van der Waals surface area contributed by atoms with E-state index in [2.05, 4.69) is 28.9 Å². The third kappa shape index (κ3) is 5.75. The zero-order chi connectivity index (χ0) is 24.9. The SMILES string of the molecule is CCC(C)CC(NC(=O)c1ccc2c(c1)nc(Cc1ccccc1)n2C1CCCCC1C)C(=O)O. The molecular formula is C29H37N3O3. The predicted octanol–water partition coefficient (Wildman–Crippen LogP) is 6.00. The minimum atomic E-state index is -1.000. The van der Waals surface area contributed by atoms with Crippen LogP contribution in [0.25, 0.3) is 11.0 Å². The molecule has 186 valence electrons. The molecule has 0 aliphatic heterocycles. The standard InChI is InChI=1S/C29H37N3O3/c1-4-19(2)16-24(29(34)35)31-28(33)22-14-15-26-23(18-22)30-27(17-21-11-6-5-7-12-21)32(26)25-13-9-8-10-20(25)3/h5-7,11-12,14-15,18-20,24-25H,4,8-10,13,16-17H2,1-3H3,(H,31,33)(H,34,35). The van der Waals surface area contributed by atoms with Gasteiger partial charge in [0.25, 0.3) is 5.91 Å². The Kier molecular flexibility index (Phi) is 7.89. The van der Waals surface area contributed by atoms with Crippen LogP contribution in [-0.2, 0) is 11.2 Å². The number of fused-ring (bicyclic) bond motifs is 1. The predicted molar refractivity (Wildman–Crippen MR) is 139 cm³/mol. The number of aromatic nitrogens is 2. The number of aliphatic carboxylic acids is 1. The Morgan fingerprint density at radius 3 is 2.57 bits per heavy atom. The van der Waals surface area contributed by atoms with Crippen molar-refractivity contribution < 1.29 is 14.7 Å². The minimum absolute atomic E-state index is 0.215. The number of nitrogens with zero attached hydrogens (tertiary/aromatic N) is 2. The minimum Gasteiger partial charge on any atom is -0.480 e. The molecule has 4 unspecified atom stereocenters. The summed E-state index contributed by atoms with van der Waals surface area (Å²) in [5, 5.41) is 12.3. The molecule has 4 rings (SSSR count). The van der Waals surface area contributed by atoms with Gasteiger partial charge in [-0.25, -0.2) is 9.78 Å². The number of hydrogen-bond donors (Lipinski definition) is 2. The van der Waals surface area contributed by atoms with Crippen LogP contribution in [0, 0.1) is 11.8 Å². The number of rotatable bonds is 9. The summed E-state index contributed by atoms with van der Waals surface area (Å²) >= 11 is 0. The molecule has 0 spiro atoms. The van der Waals surface area contributed by atoms with E-state index in [0.29, 0.717) is 23.9 Å². The molecule has 3 aromatic rings. The molecular weight excluding hydrogens is 438 g/mol. The Balaban J connectivity index is 1.67. The zero-order valence-corrected chi connectivity index (χ0v) is 21.0. The van der Waals surface area contributed by atoms with Crippen LogP contribution in [0.5, 0.6) is 0 Å². The molecule has 1 saturated carbocycles. The first-order valence-corrected chi connectivity index (χ1v) is 13.0. The lowest BCUT2D eigenvalue weighted by atomic mass is 9.85. The molecule has 0 saturated heterocycles. The lowest BCUT2D eigenvalue weighted by Crippen LogP contribution is -2.41. The summed E-state index contributed by atoms with van der Waals surface area (Å²) in [6.07, 6.45) is 6.84. The summed E-state index contributed by atoms with van der Waals surface area (Å²) in [6, 6.07) is 15.4. The van der Waals surface area contributed by atoms with Crippen LogP contribution >= 0.6 is 0 Å². The van der Waals surface area contributed by atoms with E-state index < -0.39 is 12.0 Å². The van der Waals surface area contributed by atoms with Crippen LogP contribution in [0.3, 0.4) is 0 Å². The fourth-order valence-corrected chi connectivity index (χ4v) is 5.28. The molecule has 1 aliphatic carbocycles. The van der Waals surface area contributed by atoms with E-state index in [0.717, 1.165) is 36.1 Å². The summed E-state index contributed by atoms with van der Waals surface area (Å²) in [6.45, 7) is 6.35. The largest absolute Gasteiger partial charge is 0.480 e. The van der Waals surface area contributed by atoms with Crippen molar-refractivity contribution in [3.8, 4) is 0 Å². The molecule has 1 amide bonds. The summed E-state index contributed by atoms with van der Waals surface area (Å²) in [5.74, 6) is 0.430. The maximum absolute atomic E-state index is 13.0. The second kappa shape index (κ2) is 11.1. The van der Waals surface area contributed by atoms with Crippen molar-refractivity contribution in [2.75, 3.05) is 0 Å². The van der Waals surface area contributed by atoms with E-state index in [1.54, 1.807) is 6.07 Å². The smallest absolute Gasteiger partial charge is 0.326 e. The van der Waals surface area contributed by atoms with Crippen LogP contribution < -0.4 is 5.32 Å². The number of amides is 1. The number of carboxylic acids is 1. The van der Waals surface area contributed by atoms with Gasteiger partial charge in [0, 0.05) is 18.0 Å². The number of imidazole rings is 1. The van der Waals surface area contributed by atoms with E-state index >= 15 is 0 Å². The van der Waals surface area contributed by atoms with E-state index in [9.17, 15) is 14.7 Å². The van der Waals surface area contributed by atoms with Crippen LogP contribution in [0.1, 0.15) is 87.1 Å². The average molecular weight is 476 g/mol.